The maximum absolute atomic E-state index is 14.0. The summed E-state index contributed by atoms with van der Waals surface area (Å²) in [6, 6.07) is 26.9. The Balaban J connectivity index is 1.80. The number of aryl methyl sites for hydroxylation is 2. The molecule has 0 atom stereocenters. The van der Waals surface area contributed by atoms with Gasteiger partial charge in [-0.2, -0.15) is 0 Å². The number of fused-ring (bicyclic) bond motifs is 3. The lowest BCUT2D eigenvalue weighted by Crippen LogP contribution is -2.40. The van der Waals surface area contributed by atoms with Gasteiger partial charge in [0.2, 0.25) is 5.91 Å². The first-order valence-corrected chi connectivity index (χ1v) is 11.0. The maximum Gasteiger partial charge on any atom is 0.247 e. The molecular formula is C26H20BrN3O. The van der Waals surface area contributed by atoms with E-state index in [0.29, 0.717) is 0 Å². The van der Waals surface area contributed by atoms with Crippen LogP contribution in [0.5, 0.6) is 0 Å². The van der Waals surface area contributed by atoms with E-state index < -0.39 is 5.41 Å². The van der Waals surface area contributed by atoms with Crippen molar-refractivity contribution in [3.8, 4) is 0 Å². The summed E-state index contributed by atoms with van der Waals surface area (Å²) in [7, 11) is 4.09. The van der Waals surface area contributed by atoms with Crippen LogP contribution in [0.25, 0.3) is 21.8 Å². The van der Waals surface area contributed by atoms with Gasteiger partial charge in [-0.15, -0.1) is 0 Å². The SMILES string of the molecule is Cn1c(C2(c3cc4ccccc4n3C)C(=O)Nc3ccc(Br)cc32)cc2ccccc21. The normalized spacial score (nSPS) is 14.9. The van der Waals surface area contributed by atoms with Crippen molar-refractivity contribution in [1.82, 2.24) is 9.13 Å². The highest BCUT2D eigenvalue weighted by atomic mass is 79.9. The number of carbonyl (C=O) groups is 1. The lowest BCUT2D eigenvalue weighted by Gasteiger charge is -2.29. The fourth-order valence-corrected chi connectivity index (χ4v) is 5.57. The highest BCUT2D eigenvalue weighted by molar-refractivity contribution is 9.10. The van der Waals surface area contributed by atoms with Crippen molar-refractivity contribution in [3.05, 3.63) is 100 Å². The Labute approximate surface area is 188 Å². The topological polar surface area (TPSA) is 39.0 Å². The molecule has 0 radical (unpaired) electrons. The van der Waals surface area contributed by atoms with Gasteiger partial charge >= 0.3 is 0 Å². The molecular weight excluding hydrogens is 450 g/mol. The Morgan fingerprint density at radius 2 is 1.32 bits per heavy atom. The van der Waals surface area contributed by atoms with E-state index in [1.807, 2.05) is 50.5 Å². The van der Waals surface area contributed by atoms with Crippen LogP contribution >= 0.6 is 15.9 Å². The first-order chi connectivity index (χ1) is 15.0. The van der Waals surface area contributed by atoms with Gasteiger partial charge in [0.1, 0.15) is 0 Å². The molecule has 0 saturated heterocycles. The van der Waals surface area contributed by atoms with E-state index in [1.165, 1.54) is 0 Å². The Morgan fingerprint density at radius 1 is 0.774 bits per heavy atom. The maximum atomic E-state index is 14.0. The minimum Gasteiger partial charge on any atom is -0.346 e. The third kappa shape index (κ3) is 2.32. The lowest BCUT2D eigenvalue weighted by molar-refractivity contribution is -0.118. The Kier molecular flexibility index (Phi) is 3.78. The summed E-state index contributed by atoms with van der Waals surface area (Å²) in [5.74, 6) is -0.0302. The summed E-state index contributed by atoms with van der Waals surface area (Å²) in [6.07, 6.45) is 0. The lowest BCUT2D eigenvalue weighted by atomic mass is 9.75. The van der Waals surface area contributed by atoms with Crippen LogP contribution in [0.4, 0.5) is 5.69 Å². The van der Waals surface area contributed by atoms with Crippen molar-refractivity contribution in [1.29, 1.82) is 0 Å². The predicted octanol–water partition coefficient (Wildman–Crippen LogP) is 5.72. The van der Waals surface area contributed by atoms with Crippen LogP contribution < -0.4 is 5.32 Å². The molecule has 2 aromatic heterocycles. The molecule has 4 nitrogen and oxygen atoms in total. The smallest absolute Gasteiger partial charge is 0.247 e. The Hall–Kier alpha value is -3.31. The molecule has 0 bridgehead atoms. The predicted molar refractivity (Wildman–Crippen MR) is 128 cm³/mol. The zero-order valence-electron chi connectivity index (χ0n) is 17.2. The zero-order chi connectivity index (χ0) is 21.3. The van der Waals surface area contributed by atoms with Gasteiger partial charge < -0.3 is 14.5 Å². The van der Waals surface area contributed by atoms with E-state index in [0.717, 1.165) is 48.9 Å². The zero-order valence-corrected chi connectivity index (χ0v) is 18.8. The average Bonchev–Trinajstić information content (AvgIpc) is 3.38. The molecule has 3 aromatic carbocycles. The Morgan fingerprint density at radius 3 is 1.87 bits per heavy atom. The number of para-hydroxylation sites is 2. The second kappa shape index (κ2) is 6.34. The van der Waals surface area contributed by atoms with E-state index in [2.05, 4.69) is 72.8 Å². The van der Waals surface area contributed by atoms with Crippen molar-refractivity contribution in [2.75, 3.05) is 5.32 Å². The highest BCUT2D eigenvalue weighted by Crippen LogP contribution is 2.50. The minimum absolute atomic E-state index is 0.0302. The largest absolute Gasteiger partial charge is 0.346 e. The Bertz CT molecular complexity index is 1440. The number of benzene rings is 3. The summed E-state index contributed by atoms with van der Waals surface area (Å²) in [4.78, 5) is 14.0. The molecule has 5 aromatic rings. The second-order valence-electron chi connectivity index (χ2n) is 8.19. The van der Waals surface area contributed by atoms with Crippen LogP contribution in [0.15, 0.2) is 83.3 Å². The molecule has 0 spiro atoms. The van der Waals surface area contributed by atoms with Crippen LogP contribution in [-0.4, -0.2) is 15.0 Å². The van der Waals surface area contributed by atoms with Gasteiger partial charge in [0.25, 0.3) is 0 Å². The molecule has 152 valence electrons. The van der Waals surface area contributed by atoms with Gasteiger partial charge in [0.15, 0.2) is 5.41 Å². The summed E-state index contributed by atoms with van der Waals surface area (Å²) < 4.78 is 5.26. The summed E-state index contributed by atoms with van der Waals surface area (Å²) in [5.41, 5.74) is 4.95. The number of nitrogens with one attached hydrogen (secondary N) is 1. The van der Waals surface area contributed by atoms with Crippen molar-refractivity contribution in [3.63, 3.8) is 0 Å². The molecule has 0 aliphatic carbocycles. The number of aromatic nitrogens is 2. The molecule has 1 aliphatic rings. The summed E-state index contributed by atoms with van der Waals surface area (Å²) in [5, 5.41) is 5.41. The van der Waals surface area contributed by atoms with Gasteiger partial charge in [-0.3, -0.25) is 4.79 Å². The second-order valence-corrected chi connectivity index (χ2v) is 9.10. The van der Waals surface area contributed by atoms with Crippen LogP contribution in [0.3, 0.4) is 0 Å². The van der Waals surface area contributed by atoms with Crippen molar-refractivity contribution in [2.45, 2.75) is 5.41 Å². The first-order valence-electron chi connectivity index (χ1n) is 10.2. The van der Waals surface area contributed by atoms with Gasteiger partial charge in [0, 0.05) is 52.2 Å². The fraction of sp³-hybridized carbons (Fsp3) is 0.115. The number of amides is 1. The van der Waals surface area contributed by atoms with Crippen molar-refractivity contribution < 1.29 is 4.79 Å². The number of hydrogen-bond acceptors (Lipinski definition) is 1. The molecule has 3 heterocycles. The molecule has 0 unspecified atom stereocenters. The molecule has 0 saturated carbocycles. The molecule has 31 heavy (non-hydrogen) atoms. The number of halogens is 1. The highest BCUT2D eigenvalue weighted by Gasteiger charge is 2.53. The van der Waals surface area contributed by atoms with E-state index in [1.54, 1.807) is 0 Å². The standard InChI is InChI=1S/C26H20BrN3O/c1-29-21-9-5-3-7-16(21)13-23(29)26(19-15-18(27)11-12-20(19)28-25(26)31)24-14-17-8-4-6-10-22(17)30(24)2/h3-15H,1-2H3,(H,28,31). The number of hydrogen-bond donors (Lipinski definition) is 1. The average molecular weight is 470 g/mol. The molecule has 1 N–H and O–H groups in total. The number of rotatable bonds is 2. The van der Waals surface area contributed by atoms with E-state index in [9.17, 15) is 4.79 Å². The molecule has 1 amide bonds. The van der Waals surface area contributed by atoms with Crippen LogP contribution in [0.2, 0.25) is 0 Å². The van der Waals surface area contributed by atoms with E-state index in [4.69, 9.17) is 0 Å². The number of carbonyl (C=O) groups excluding carboxylic acids is 1. The van der Waals surface area contributed by atoms with Crippen LogP contribution in [-0.2, 0) is 24.3 Å². The number of anilines is 1. The molecule has 0 fully saturated rings. The molecule has 5 heteroatoms. The van der Waals surface area contributed by atoms with Gasteiger partial charge in [-0.25, -0.2) is 0 Å². The van der Waals surface area contributed by atoms with Gasteiger partial charge in [0.05, 0.1) is 0 Å². The van der Waals surface area contributed by atoms with Crippen LogP contribution in [0.1, 0.15) is 17.0 Å². The van der Waals surface area contributed by atoms with Gasteiger partial charge in [-0.05, 0) is 53.2 Å². The molecule has 6 rings (SSSR count). The third-order valence-corrected chi connectivity index (χ3v) is 7.14. The third-order valence-electron chi connectivity index (χ3n) is 6.65. The number of nitrogens with zero attached hydrogens (tertiary/aromatic N) is 2. The first kappa shape index (κ1) is 18.5. The van der Waals surface area contributed by atoms with Crippen molar-refractivity contribution in [2.24, 2.45) is 14.1 Å². The van der Waals surface area contributed by atoms with E-state index in [-0.39, 0.29) is 5.91 Å². The summed E-state index contributed by atoms with van der Waals surface area (Å²) >= 11 is 3.64. The summed E-state index contributed by atoms with van der Waals surface area (Å²) in [6.45, 7) is 0. The minimum atomic E-state index is -0.972. The quantitative estimate of drug-likeness (QED) is 0.352. The fourth-order valence-electron chi connectivity index (χ4n) is 5.21. The van der Waals surface area contributed by atoms with Crippen LogP contribution in [0, 0.1) is 0 Å². The van der Waals surface area contributed by atoms with Gasteiger partial charge in [-0.1, -0.05) is 52.3 Å². The van der Waals surface area contributed by atoms with Crippen molar-refractivity contribution >= 4 is 49.3 Å². The molecule has 1 aliphatic heterocycles. The van der Waals surface area contributed by atoms with E-state index >= 15 is 0 Å². The monoisotopic (exact) mass is 469 g/mol.